The van der Waals surface area contributed by atoms with Crippen LogP contribution in [-0.2, 0) is 0 Å². The highest BCUT2D eigenvalue weighted by molar-refractivity contribution is 4.97. The smallest absolute Gasteiger partial charge is 0.0956 e. The topological polar surface area (TPSA) is 24.7 Å². The van der Waals surface area contributed by atoms with Crippen LogP contribution >= 0.6 is 0 Å². The van der Waals surface area contributed by atoms with Crippen molar-refractivity contribution in [3.8, 4) is 0 Å². The molecule has 1 atom stereocenters. The molecular formula is C5H7N2. The summed E-state index contributed by atoms with van der Waals surface area (Å²) in [6, 6.07) is 0.194. The number of allylic oxidation sites excluding steroid dienone is 1. The number of nitrogens with zero attached hydrogens (tertiary/aromatic N) is 2. The molecule has 0 saturated carbocycles. The van der Waals surface area contributed by atoms with Crippen molar-refractivity contribution in [1.82, 2.24) is 0 Å². The summed E-state index contributed by atoms with van der Waals surface area (Å²) in [5, 5.41) is 7.54. The van der Waals surface area contributed by atoms with E-state index in [4.69, 9.17) is 0 Å². The van der Waals surface area contributed by atoms with Crippen molar-refractivity contribution in [3.05, 3.63) is 11.8 Å². The van der Waals surface area contributed by atoms with E-state index in [1.807, 2.05) is 13.8 Å². The zero-order chi connectivity index (χ0) is 5.28. The molecule has 0 N–H and O–H groups in total. The molecule has 1 aliphatic rings. The Kier molecular flexibility index (Phi) is 0.929. The SMILES string of the molecule is CC1=[C]C(C)N=N1. The van der Waals surface area contributed by atoms with Crippen LogP contribution in [0.25, 0.3) is 0 Å². The zero-order valence-electron chi connectivity index (χ0n) is 4.47. The van der Waals surface area contributed by atoms with Crippen LogP contribution in [0.3, 0.4) is 0 Å². The molecule has 1 rings (SSSR count). The standard InChI is InChI=1S/C5H7N2/c1-4-3-5(2)7-6-4/h4H,1-2H3. The monoisotopic (exact) mass is 95.1 g/mol. The highest BCUT2D eigenvalue weighted by atomic mass is 15.1. The van der Waals surface area contributed by atoms with Crippen molar-refractivity contribution in [2.45, 2.75) is 19.9 Å². The summed E-state index contributed by atoms with van der Waals surface area (Å²) in [5.41, 5.74) is 0.910. The molecule has 0 aromatic rings. The van der Waals surface area contributed by atoms with E-state index in [0.29, 0.717) is 0 Å². The van der Waals surface area contributed by atoms with Gasteiger partial charge < -0.3 is 0 Å². The fourth-order valence-electron chi connectivity index (χ4n) is 0.533. The van der Waals surface area contributed by atoms with Crippen LogP contribution in [0.1, 0.15) is 13.8 Å². The quantitative estimate of drug-likeness (QED) is 0.436. The maximum Gasteiger partial charge on any atom is 0.0956 e. The van der Waals surface area contributed by atoms with Crippen molar-refractivity contribution in [2.24, 2.45) is 10.2 Å². The molecule has 1 aliphatic heterocycles. The summed E-state index contributed by atoms with van der Waals surface area (Å²) >= 11 is 0. The van der Waals surface area contributed by atoms with Crippen molar-refractivity contribution in [3.63, 3.8) is 0 Å². The van der Waals surface area contributed by atoms with Gasteiger partial charge in [-0.2, -0.15) is 10.2 Å². The molecule has 37 valence electrons. The Hall–Kier alpha value is -0.660. The van der Waals surface area contributed by atoms with Crippen molar-refractivity contribution < 1.29 is 0 Å². The molecule has 0 fully saturated rings. The molecule has 7 heavy (non-hydrogen) atoms. The van der Waals surface area contributed by atoms with E-state index in [1.54, 1.807) is 0 Å². The summed E-state index contributed by atoms with van der Waals surface area (Å²) in [6.07, 6.45) is 3.00. The molecule has 2 heteroatoms. The molecule has 0 saturated heterocycles. The molecular weight excluding hydrogens is 88.1 g/mol. The Balaban J connectivity index is 2.69. The summed E-state index contributed by atoms with van der Waals surface area (Å²) in [7, 11) is 0. The summed E-state index contributed by atoms with van der Waals surface area (Å²) < 4.78 is 0. The third-order valence-electron chi connectivity index (χ3n) is 0.799. The molecule has 0 spiro atoms. The second kappa shape index (κ2) is 1.45. The number of hydrogen-bond acceptors (Lipinski definition) is 2. The first-order valence-electron chi connectivity index (χ1n) is 2.30. The first-order valence-corrected chi connectivity index (χ1v) is 2.30. The first-order chi connectivity index (χ1) is 3.29. The van der Waals surface area contributed by atoms with Gasteiger partial charge in [0.2, 0.25) is 0 Å². The van der Waals surface area contributed by atoms with Crippen LogP contribution in [0.15, 0.2) is 15.9 Å². The lowest BCUT2D eigenvalue weighted by Crippen LogP contribution is -1.84. The third-order valence-corrected chi connectivity index (χ3v) is 0.799. The lowest BCUT2D eigenvalue weighted by atomic mass is 10.3. The van der Waals surface area contributed by atoms with Gasteiger partial charge in [-0.1, -0.05) is 0 Å². The molecule has 1 unspecified atom stereocenters. The van der Waals surface area contributed by atoms with E-state index >= 15 is 0 Å². The Bertz CT molecular complexity index is 124. The first kappa shape index (κ1) is 4.50. The highest BCUT2D eigenvalue weighted by Crippen LogP contribution is 2.08. The van der Waals surface area contributed by atoms with Gasteiger partial charge in [0.05, 0.1) is 11.7 Å². The summed E-state index contributed by atoms with van der Waals surface area (Å²) in [5.74, 6) is 0. The minimum absolute atomic E-state index is 0.194. The minimum atomic E-state index is 0.194. The molecule has 2 nitrogen and oxygen atoms in total. The summed E-state index contributed by atoms with van der Waals surface area (Å²) in [6.45, 7) is 3.85. The maximum absolute atomic E-state index is 3.79. The van der Waals surface area contributed by atoms with E-state index in [-0.39, 0.29) is 6.04 Å². The largest absolute Gasteiger partial charge is 0.181 e. The van der Waals surface area contributed by atoms with E-state index in [2.05, 4.69) is 16.3 Å². The second-order valence-corrected chi connectivity index (χ2v) is 1.62. The lowest BCUT2D eigenvalue weighted by molar-refractivity contribution is 0.877. The van der Waals surface area contributed by atoms with Gasteiger partial charge in [0.1, 0.15) is 0 Å². The van der Waals surface area contributed by atoms with Crippen molar-refractivity contribution >= 4 is 0 Å². The maximum atomic E-state index is 3.79. The van der Waals surface area contributed by atoms with Crippen LogP contribution in [-0.4, -0.2) is 6.04 Å². The Morgan fingerprint density at radius 2 is 2.43 bits per heavy atom. The van der Waals surface area contributed by atoms with Crippen LogP contribution in [0.5, 0.6) is 0 Å². The number of rotatable bonds is 0. The molecule has 1 radical (unpaired) electrons. The van der Waals surface area contributed by atoms with Gasteiger partial charge in [0.15, 0.2) is 0 Å². The molecule has 0 bridgehead atoms. The normalized spacial score (nSPS) is 28.3. The minimum Gasteiger partial charge on any atom is -0.181 e. The van der Waals surface area contributed by atoms with E-state index < -0.39 is 0 Å². The average molecular weight is 95.1 g/mol. The molecule has 0 aromatic heterocycles. The van der Waals surface area contributed by atoms with Gasteiger partial charge in [-0.15, -0.1) is 0 Å². The fraction of sp³-hybridized carbons (Fsp3) is 0.600. The van der Waals surface area contributed by atoms with Crippen molar-refractivity contribution in [2.75, 3.05) is 0 Å². The van der Waals surface area contributed by atoms with Crippen LogP contribution in [0.2, 0.25) is 0 Å². The van der Waals surface area contributed by atoms with Crippen molar-refractivity contribution in [1.29, 1.82) is 0 Å². The predicted molar refractivity (Wildman–Crippen MR) is 26.7 cm³/mol. The third kappa shape index (κ3) is 0.856. The van der Waals surface area contributed by atoms with Gasteiger partial charge in [-0.05, 0) is 13.8 Å². The lowest BCUT2D eigenvalue weighted by Gasteiger charge is -1.80. The van der Waals surface area contributed by atoms with E-state index in [0.717, 1.165) is 5.70 Å². The molecule has 1 heterocycles. The Labute approximate surface area is 43.0 Å². The highest BCUT2D eigenvalue weighted by Gasteiger charge is 2.01. The van der Waals surface area contributed by atoms with Crippen LogP contribution < -0.4 is 0 Å². The predicted octanol–water partition coefficient (Wildman–Crippen LogP) is 1.55. The van der Waals surface area contributed by atoms with Gasteiger partial charge >= 0.3 is 0 Å². The van der Waals surface area contributed by atoms with Crippen LogP contribution in [0, 0.1) is 6.08 Å². The fourth-order valence-corrected chi connectivity index (χ4v) is 0.533. The number of azo groups is 1. The molecule has 0 aliphatic carbocycles. The Morgan fingerprint density at radius 3 is 2.57 bits per heavy atom. The van der Waals surface area contributed by atoms with Gasteiger partial charge in [-0.25, -0.2) is 0 Å². The number of hydrogen-bond donors (Lipinski definition) is 0. The molecule has 0 aromatic carbocycles. The van der Waals surface area contributed by atoms with E-state index in [1.165, 1.54) is 0 Å². The Morgan fingerprint density at radius 1 is 1.71 bits per heavy atom. The zero-order valence-corrected chi connectivity index (χ0v) is 4.47. The summed E-state index contributed by atoms with van der Waals surface area (Å²) in [4.78, 5) is 0. The van der Waals surface area contributed by atoms with Gasteiger partial charge in [0.25, 0.3) is 0 Å². The molecule has 0 amide bonds. The van der Waals surface area contributed by atoms with Crippen LogP contribution in [0.4, 0.5) is 0 Å². The second-order valence-electron chi connectivity index (χ2n) is 1.62. The average Bonchev–Trinajstić information content (AvgIpc) is 1.87. The van der Waals surface area contributed by atoms with Gasteiger partial charge in [0, 0.05) is 6.08 Å². The van der Waals surface area contributed by atoms with Gasteiger partial charge in [-0.3, -0.25) is 0 Å². The van der Waals surface area contributed by atoms with E-state index in [9.17, 15) is 0 Å².